The molecule has 1 aliphatic rings. The van der Waals surface area contributed by atoms with Gasteiger partial charge in [-0.1, -0.05) is 19.4 Å². The SMILES string of the molecule is C/C=C(\C)C(=O)NC1CNCCC1CC. The van der Waals surface area contributed by atoms with Gasteiger partial charge in [-0.3, -0.25) is 4.79 Å². The molecule has 0 aromatic carbocycles. The van der Waals surface area contributed by atoms with E-state index in [1.165, 1.54) is 0 Å². The molecule has 1 aliphatic heterocycles. The summed E-state index contributed by atoms with van der Waals surface area (Å²) in [5.41, 5.74) is 0.801. The van der Waals surface area contributed by atoms with Crippen molar-refractivity contribution >= 4 is 5.91 Å². The van der Waals surface area contributed by atoms with Gasteiger partial charge in [0, 0.05) is 18.2 Å². The summed E-state index contributed by atoms with van der Waals surface area (Å²) in [6.45, 7) is 7.92. The lowest BCUT2D eigenvalue weighted by molar-refractivity contribution is -0.118. The zero-order chi connectivity index (χ0) is 11.3. The number of carbonyl (C=O) groups is 1. The van der Waals surface area contributed by atoms with Gasteiger partial charge in [0.15, 0.2) is 0 Å². The van der Waals surface area contributed by atoms with Crippen molar-refractivity contribution in [2.45, 2.75) is 39.7 Å². The highest BCUT2D eigenvalue weighted by Gasteiger charge is 2.24. The Balaban J connectivity index is 2.51. The zero-order valence-corrected chi connectivity index (χ0v) is 9.97. The Kier molecular flexibility index (Phi) is 4.82. The van der Waals surface area contributed by atoms with Crippen LogP contribution in [0, 0.1) is 5.92 Å². The first kappa shape index (κ1) is 12.2. The Hall–Kier alpha value is -0.830. The van der Waals surface area contributed by atoms with Crippen molar-refractivity contribution in [2.24, 2.45) is 5.92 Å². The number of hydrogen-bond acceptors (Lipinski definition) is 2. The van der Waals surface area contributed by atoms with Crippen LogP contribution in [0.2, 0.25) is 0 Å². The van der Waals surface area contributed by atoms with E-state index in [2.05, 4.69) is 17.6 Å². The molecule has 0 aliphatic carbocycles. The summed E-state index contributed by atoms with van der Waals surface area (Å²) in [5.74, 6) is 0.699. The Morgan fingerprint density at radius 3 is 2.93 bits per heavy atom. The molecule has 1 heterocycles. The zero-order valence-electron chi connectivity index (χ0n) is 9.97. The van der Waals surface area contributed by atoms with Crippen LogP contribution in [0.3, 0.4) is 0 Å². The van der Waals surface area contributed by atoms with Crippen molar-refractivity contribution in [3.8, 4) is 0 Å². The summed E-state index contributed by atoms with van der Waals surface area (Å²) in [6.07, 6.45) is 4.16. The number of carbonyl (C=O) groups excluding carboxylic acids is 1. The fourth-order valence-electron chi connectivity index (χ4n) is 1.98. The molecule has 0 saturated carbocycles. The van der Waals surface area contributed by atoms with Crippen LogP contribution in [-0.4, -0.2) is 25.0 Å². The van der Waals surface area contributed by atoms with Crippen molar-refractivity contribution < 1.29 is 4.79 Å². The van der Waals surface area contributed by atoms with Gasteiger partial charge in [0.25, 0.3) is 0 Å². The minimum atomic E-state index is 0.0737. The van der Waals surface area contributed by atoms with E-state index in [0.29, 0.717) is 12.0 Å². The lowest BCUT2D eigenvalue weighted by Gasteiger charge is -2.32. The third kappa shape index (κ3) is 3.34. The molecule has 0 bridgehead atoms. The van der Waals surface area contributed by atoms with Crippen molar-refractivity contribution in [2.75, 3.05) is 13.1 Å². The van der Waals surface area contributed by atoms with E-state index >= 15 is 0 Å². The number of rotatable bonds is 3. The van der Waals surface area contributed by atoms with E-state index in [4.69, 9.17) is 0 Å². The Morgan fingerprint density at radius 2 is 2.33 bits per heavy atom. The summed E-state index contributed by atoms with van der Waals surface area (Å²) in [7, 11) is 0. The molecule has 86 valence electrons. The highest BCUT2D eigenvalue weighted by molar-refractivity contribution is 5.92. The summed E-state index contributed by atoms with van der Waals surface area (Å²) < 4.78 is 0. The van der Waals surface area contributed by atoms with Crippen LogP contribution in [0.1, 0.15) is 33.6 Å². The summed E-state index contributed by atoms with van der Waals surface area (Å²) >= 11 is 0. The fraction of sp³-hybridized carbons (Fsp3) is 0.750. The van der Waals surface area contributed by atoms with E-state index in [0.717, 1.165) is 31.5 Å². The topological polar surface area (TPSA) is 41.1 Å². The van der Waals surface area contributed by atoms with Crippen LogP contribution in [0.5, 0.6) is 0 Å². The molecular formula is C12H22N2O. The van der Waals surface area contributed by atoms with E-state index in [9.17, 15) is 4.79 Å². The predicted molar refractivity (Wildman–Crippen MR) is 62.6 cm³/mol. The Bertz CT molecular complexity index is 248. The fourth-order valence-corrected chi connectivity index (χ4v) is 1.98. The van der Waals surface area contributed by atoms with Gasteiger partial charge in [0.05, 0.1) is 0 Å². The number of hydrogen-bond donors (Lipinski definition) is 2. The molecule has 2 N–H and O–H groups in total. The van der Waals surface area contributed by atoms with Crippen LogP contribution >= 0.6 is 0 Å². The molecule has 1 fully saturated rings. The van der Waals surface area contributed by atoms with Gasteiger partial charge in [-0.05, 0) is 32.7 Å². The van der Waals surface area contributed by atoms with Gasteiger partial charge in [0.2, 0.25) is 5.91 Å². The highest BCUT2D eigenvalue weighted by atomic mass is 16.1. The van der Waals surface area contributed by atoms with Crippen LogP contribution < -0.4 is 10.6 Å². The molecule has 2 atom stereocenters. The molecule has 0 aromatic heterocycles. The monoisotopic (exact) mass is 210 g/mol. The molecule has 0 aromatic rings. The molecule has 0 radical (unpaired) electrons. The normalized spacial score (nSPS) is 27.5. The first-order valence-electron chi connectivity index (χ1n) is 5.83. The second-order valence-corrected chi connectivity index (χ2v) is 4.21. The van der Waals surface area contributed by atoms with Gasteiger partial charge >= 0.3 is 0 Å². The maximum Gasteiger partial charge on any atom is 0.246 e. The molecule has 1 amide bonds. The lowest BCUT2D eigenvalue weighted by atomic mass is 9.90. The van der Waals surface area contributed by atoms with Crippen molar-refractivity contribution in [1.82, 2.24) is 10.6 Å². The minimum absolute atomic E-state index is 0.0737. The van der Waals surface area contributed by atoms with Gasteiger partial charge in [-0.25, -0.2) is 0 Å². The van der Waals surface area contributed by atoms with Gasteiger partial charge in [-0.15, -0.1) is 0 Å². The maximum absolute atomic E-state index is 11.7. The molecule has 3 heteroatoms. The minimum Gasteiger partial charge on any atom is -0.348 e. The second-order valence-electron chi connectivity index (χ2n) is 4.21. The van der Waals surface area contributed by atoms with Crippen LogP contribution in [-0.2, 0) is 4.79 Å². The maximum atomic E-state index is 11.7. The molecule has 0 spiro atoms. The average molecular weight is 210 g/mol. The standard InChI is InChI=1S/C12H22N2O/c1-4-9(3)12(15)14-11-8-13-7-6-10(11)5-2/h4,10-11,13H,5-8H2,1-3H3,(H,14,15)/b9-4+. The van der Waals surface area contributed by atoms with Crippen molar-refractivity contribution in [3.63, 3.8) is 0 Å². The van der Waals surface area contributed by atoms with Gasteiger partial charge < -0.3 is 10.6 Å². The Labute approximate surface area is 92.3 Å². The van der Waals surface area contributed by atoms with E-state index in [-0.39, 0.29) is 5.91 Å². The quantitative estimate of drug-likeness (QED) is 0.692. The largest absolute Gasteiger partial charge is 0.348 e. The highest BCUT2D eigenvalue weighted by Crippen LogP contribution is 2.16. The smallest absolute Gasteiger partial charge is 0.246 e. The lowest BCUT2D eigenvalue weighted by Crippen LogP contribution is -2.51. The summed E-state index contributed by atoms with van der Waals surface area (Å²) in [5, 5.41) is 6.43. The number of nitrogens with one attached hydrogen (secondary N) is 2. The van der Waals surface area contributed by atoms with Gasteiger partial charge in [0.1, 0.15) is 0 Å². The van der Waals surface area contributed by atoms with E-state index < -0.39 is 0 Å². The first-order chi connectivity index (χ1) is 7.19. The molecule has 1 saturated heterocycles. The number of piperidine rings is 1. The predicted octanol–water partition coefficient (Wildman–Crippen LogP) is 1.46. The Morgan fingerprint density at radius 1 is 1.60 bits per heavy atom. The number of amides is 1. The van der Waals surface area contributed by atoms with Crippen molar-refractivity contribution in [3.05, 3.63) is 11.6 Å². The van der Waals surface area contributed by atoms with Crippen LogP contribution in [0.15, 0.2) is 11.6 Å². The molecule has 2 unspecified atom stereocenters. The van der Waals surface area contributed by atoms with Crippen molar-refractivity contribution in [1.29, 1.82) is 0 Å². The third-order valence-electron chi connectivity index (χ3n) is 3.26. The van der Waals surface area contributed by atoms with Gasteiger partial charge in [-0.2, -0.15) is 0 Å². The molecular weight excluding hydrogens is 188 g/mol. The summed E-state index contributed by atoms with van der Waals surface area (Å²) in [4.78, 5) is 11.7. The van der Waals surface area contributed by atoms with E-state index in [1.54, 1.807) is 0 Å². The number of allylic oxidation sites excluding steroid dienone is 1. The average Bonchev–Trinajstić information content (AvgIpc) is 2.28. The molecule has 1 rings (SSSR count). The third-order valence-corrected chi connectivity index (χ3v) is 3.26. The second kappa shape index (κ2) is 5.91. The van der Waals surface area contributed by atoms with Crippen LogP contribution in [0.4, 0.5) is 0 Å². The molecule has 3 nitrogen and oxygen atoms in total. The van der Waals surface area contributed by atoms with E-state index in [1.807, 2.05) is 19.9 Å². The van der Waals surface area contributed by atoms with Crippen LogP contribution in [0.25, 0.3) is 0 Å². The first-order valence-corrected chi connectivity index (χ1v) is 5.83. The summed E-state index contributed by atoms with van der Waals surface area (Å²) in [6, 6.07) is 0.297. The molecule has 15 heavy (non-hydrogen) atoms.